The first-order valence-electron chi connectivity index (χ1n) is 7.21. The number of hydrogen-bond acceptors (Lipinski definition) is 4. The normalized spacial score (nSPS) is 27.3. The molecule has 0 bridgehead atoms. The monoisotopic (exact) mass is 249 g/mol. The van der Waals surface area contributed by atoms with E-state index in [9.17, 15) is 0 Å². The van der Waals surface area contributed by atoms with E-state index in [4.69, 9.17) is 4.42 Å². The second kappa shape index (κ2) is 4.65. The van der Waals surface area contributed by atoms with E-state index in [1.165, 1.54) is 38.5 Å². The smallest absolute Gasteiger partial charge is 0.230 e. The summed E-state index contributed by atoms with van der Waals surface area (Å²) < 4.78 is 5.85. The van der Waals surface area contributed by atoms with Crippen molar-refractivity contribution in [2.75, 3.05) is 0 Å². The summed E-state index contributed by atoms with van der Waals surface area (Å²) >= 11 is 0. The van der Waals surface area contributed by atoms with Crippen LogP contribution in [0.3, 0.4) is 0 Å². The first-order chi connectivity index (χ1) is 8.65. The zero-order valence-corrected chi connectivity index (χ0v) is 11.4. The van der Waals surface area contributed by atoms with E-state index < -0.39 is 0 Å². The van der Waals surface area contributed by atoms with Crippen molar-refractivity contribution in [2.45, 2.75) is 70.9 Å². The molecule has 1 aromatic heterocycles. The molecule has 4 heteroatoms. The molecule has 1 atom stereocenters. The molecule has 18 heavy (non-hydrogen) atoms. The maximum atomic E-state index is 5.85. The van der Waals surface area contributed by atoms with E-state index in [-0.39, 0.29) is 0 Å². The average Bonchev–Trinajstić information content (AvgIpc) is 3.05. The lowest BCUT2D eigenvalue weighted by atomic mass is 9.69. The van der Waals surface area contributed by atoms with Gasteiger partial charge in [-0.25, -0.2) is 0 Å². The van der Waals surface area contributed by atoms with Crippen LogP contribution in [0.4, 0.5) is 0 Å². The van der Waals surface area contributed by atoms with Crippen molar-refractivity contribution >= 4 is 0 Å². The molecule has 2 aliphatic carbocycles. The maximum Gasteiger partial charge on any atom is 0.230 e. The molecule has 0 aliphatic heterocycles. The Morgan fingerprint density at radius 2 is 2.06 bits per heavy atom. The molecule has 3 rings (SSSR count). The number of rotatable bonds is 4. The summed E-state index contributed by atoms with van der Waals surface area (Å²) in [7, 11) is 0. The molecule has 2 saturated carbocycles. The molecule has 0 saturated heterocycles. The highest BCUT2D eigenvalue weighted by atomic mass is 16.4. The summed E-state index contributed by atoms with van der Waals surface area (Å²) in [5.41, 5.74) is 0.298. The molecule has 0 spiro atoms. The van der Waals surface area contributed by atoms with Crippen molar-refractivity contribution in [1.82, 2.24) is 15.5 Å². The van der Waals surface area contributed by atoms with Crippen molar-refractivity contribution in [1.29, 1.82) is 0 Å². The van der Waals surface area contributed by atoms with E-state index in [0.29, 0.717) is 17.4 Å². The van der Waals surface area contributed by atoms with Gasteiger partial charge in [0.05, 0.1) is 6.54 Å². The third kappa shape index (κ3) is 2.58. The molecule has 2 aliphatic rings. The highest BCUT2D eigenvalue weighted by Gasteiger charge is 2.36. The molecule has 1 unspecified atom stereocenters. The first-order valence-corrected chi connectivity index (χ1v) is 7.21. The maximum absolute atomic E-state index is 5.85. The van der Waals surface area contributed by atoms with Crippen molar-refractivity contribution in [3.05, 3.63) is 11.8 Å². The highest BCUT2D eigenvalue weighted by molar-refractivity contribution is 5.01. The second-order valence-corrected chi connectivity index (χ2v) is 6.48. The van der Waals surface area contributed by atoms with Crippen molar-refractivity contribution in [2.24, 2.45) is 5.41 Å². The number of nitrogens with zero attached hydrogens (tertiary/aromatic N) is 2. The molecule has 100 valence electrons. The van der Waals surface area contributed by atoms with Gasteiger partial charge in [-0.2, -0.15) is 0 Å². The van der Waals surface area contributed by atoms with Crippen LogP contribution in [0.15, 0.2) is 4.42 Å². The molecule has 0 amide bonds. The second-order valence-electron chi connectivity index (χ2n) is 6.48. The number of nitrogens with one attached hydrogen (secondary N) is 1. The Balaban J connectivity index is 1.67. The van der Waals surface area contributed by atoms with Gasteiger partial charge in [0.15, 0.2) is 0 Å². The Morgan fingerprint density at radius 3 is 2.78 bits per heavy atom. The van der Waals surface area contributed by atoms with Gasteiger partial charge in [0.1, 0.15) is 0 Å². The van der Waals surface area contributed by atoms with Gasteiger partial charge in [-0.05, 0) is 31.1 Å². The molecular formula is C14H23N3O. The molecular weight excluding hydrogens is 226 g/mol. The topological polar surface area (TPSA) is 51.0 Å². The molecule has 1 N–H and O–H groups in total. The quantitative estimate of drug-likeness (QED) is 0.891. The molecule has 1 heterocycles. The minimum Gasteiger partial charge on any atom is -0.424 e. The third-order valence-electron chi connectivity index (χ3n) is 4.41. The Kier molecular flexibility index (Phi) is 3.14. The number of aromatic nitrogens is 2. The molecule has 2 fully saturated rings. The van der Waals surface area contributed by atoms with Crippen LogP contribution in [0.5, 0.6) is 0 Å². The minimum atomic E-state index is 0.298. The highest BCUT2D eigenvalue weighted by Crippen LogP contribution is 2.46. The Morgan fingerprint density at radius 1 is 1.22 bits per heavy atom. The van der Waals surface area contributed by atoms with Crippen LogP contribution >= 0.6 is 0 Å². The lowest BCUT2D eigenvalue weighted by molar-refractivity contribution is 0.171. The minimum absolute atomic E-state index is 0.298. The van der Waals surface area contributed by atoms with Crippen LogP contribution in [0.25, 0.3) is 0 Å². The van der Waals surface area contributed by atoms with E-state index in [0.717, 1.165) is 18.3 Å². The summed E-state index contributed by atoms with van der Waals surface area (Å²) in [4.78, 5) is 0. The van der Waals surface area contributed by atoms with Crippen LogP contribution in [0.1, 0.15) is 70.1 Å². The lowest BCUT2D eigenvalue weighted by Crippen LogP contribution is -2.26. The van der Waals surface area contributed by atoms with E-state index in [1.807, 2.05) is 0 Å². The van der Waals surface area contributed by atoms with Gasteiger partial charge >= 0.3 is 0 Å². The van der Waals surface area contributed by atoms with Gasteiger partial charge in [-0.3, -0.25) is 0 Å². The van der Waals surface area contributed by atoms with Crippen molar-refractivity contribution in [3.63, 3.8) is 0 Å². The molecule has 4 nitrogen and oxygen atoms in total. The van der Waals surface area contributed by atoms with Gasteiger partial charge in [0.2, 0.25) is 11.8 Å². The fourth-order valence-electron chi connectivity index (χ4n) is 2.95. The van der Waals surface area contributed by atoms with Gasteiger partial charge < -0.3 is 9.73 Å². The van der Waals surface area contributed by atoms with Crippen LogP contribution in [0, 0.1) is 5.41 Å². The van der Waals surface area contributed by atoms with E-state index in [2.05, 4.69) is 29.4 Å². The summed E-state index contributed by atoms with van der Waals surface area (Å²) in [5.74, 6) is 2.04. The Hall–Kier alpha value is -0.900. The summed E-state index contributed by atoms with van der Waals surface area (Å²) in [5, 5.41) is 11.9. The van der Waals surface area contributed by atoms with Gasteiger partial charge in [0.25, 0.3) is 0 Å². The number of hydrogen-bond donors (Lipinski definition) is 1. The third-order valence-corrected chi connectivity index (χ3v) is 4.41. The fourth-order valence-corrected chi connectivity index (χ4v) is 2.95. The van der Waals surface area contributed by atoms with Crippen molar-refractivity contribution in [3.8, 4) is 0 Å². The summed E-state index contributed by atoms with van der Waals surface area (Å²) in [6.45, 7) is 5.37. The van der Waals surface area contributed by atoms with Crippen LogP contribution in [0.2, 0.25) is 0 Å². The van der Waals surface area contributed by atoms with Crippen LogP contribution < -0.4 is 5.32 Å². The summed E-state index contributed by atoms with van der Waals surface area (Å²) in [6.07, 6.45) is 7.63. The predicted molar refractivity (Wildman–Crippen MR) is 69.1 cm³/mol. The fraction of sp³-hybridized carbons (Fsp3) is 0.857. The Bertz CT molecular complexity index is 409. The van der Waals surface area contributed by atoms with Crippen LogP contribution in [-0.4, -0.2) is 16.2 Å². The predicted octanol–water partition coefficient (Wildman–Crippen LogP) is 3.01. The average molecular weight is 249 g/mol. The standard InChI is InChI=1S/C14H23N3O/c1-14(2)8-4-3-5-11(14)13-17-16-12(18-13)9-15-10-6-7-10/h10-11,15H,3-9H2,1-2H3. The van der Waals surface area contributed by atoms with Gasteiger partial charge in [-0.1, -0.05) is 26.7 Å². The van der Waals surface area contributed by atoms with Crippen LogP contribution in [-0.2, 0) is 6.54 Å². The van der Waals surface area contributed by atoms with E-state index >= 15 is 0 Å². The molecule has 0 aromatic carbocycles. The largest absolute Gasteiger partial charge is 0.424 e. The van der Waals surface area contributed by atoms with Gasteiger partial charge in [0, 0.05) is 12.0 Å². The zero-order valence-electron chi connectivity index (χ0n) is 11.4. The van der Waals surface area contributed by atoms with Crippen molar-refractivity contribution < 1.29 is 4.42 Å². The molecule has 1 aromatic rings. The lowest BCUT2D eigenvalue weighted by Gasteiger charge is -2.36. The van der Waals surface area contributed by atoms with E-state index in [1.54, 1.807) is 0 Å². The van der Waals surface area contributed by atoms with Gasteiger partial charge in [-0.15, -0.1) is 10.2 Å². The summed E-state index contributed by atoms with van der Waals surface area (Å²) in [6, 6.07) is 0.687. The first kappa shape index (κ1) is 12.2. The molecule has 0 radical (unpaired) electrons. The zero-order chi connectivity index (χ0) is 12.6. The Labute approximate surface area is 109 Å². The SMILES string of the molecule is CC1(C)CCCCC1c1nnc(CNC2CC2)o1.